The van der Waals surface area contributed by atoms with Gasteiger partial charge >= 0.3 is 6.18 Å². The SMILES string of the molecule is C=C=Cc1ccccc1C(=O)C(F)(F)F. The first-order chi connectivity index (χ1) is 6.96. The van der Waals surface area contributed by atoms with Crippen LogP contribution in [0.2, 0.25) is 0 Å². The smallest absolute Gasteiger partial charge is 0.284 e. The van der Waals surface area contributed by atoms with Crippen molar-refractivity contribution in [2.75, 3.05) is 0 Å². The van der Waals surface area contributed by atoms with Crippen LogP contribution in [0.4, 0.5) is 13.2 Å². The zero-order valence-corrected chi connectivity index (χ0v) is 7.64. The molecule has 0 aliphatic rings. The molecule has 0 saturated heterocycles. The average molecular weight is 212 g/mol. The van der Waals surface area contributed by atoms with Gasteiger partial charge in [0.25, 0.3) is 5.78 Å². The molecule has 1 aromatic carbocycles. The van der Waals surface area contributed by atoms with E-state index in [2.05, 4.69) is 12.3 Å². The second-order valence-corrected chi connectivity index (χ2v) is 2.76. The van der Waals surface area contributed by atoms with Crippen molar-refractivity contribution in [2.45, 2.75) is 6.18 Å². The number of halogens is 3. The topological polar surface area (TPSA) is 17.1 Å². The number of carbonyl (C=O) groups is 1. The quantitative estimate of drug-likeness (QED) is 0.543. The summed E-state index contributed by atoms with van der Waals surface area (Å²) >= 11 is 0. The van der Waals surface area contributed by atoms with Crippen molar-refractivity contribution in [1.82, 2.24) is 0 Å². The minimum Gasteiger partial charge on any atom is -0.284 e. The third-order valence-corrected chi connectivity index (χ3v) is 1.72. The Labute approximate surface area is 84.5 Å². The number of Topliss-reactive ketones (excluding diaryl/α,β-unsaturated/α-hetero) is 1. The maximum absolute atomic E-state index is 12.2. The highest BCUT2D eigenvalue weighted by atomic mass is 19.4. The fraction of sp³-hybridized carbons (Fsp3) is 0.0909. The predicted molar refractivity (Wildman–Crippen MR) is 50.4 cm³/mol. The van der Waals surface area contributed by atoms with Crippen molar-refractivity contribution in [3.05, 3.63) is 47.7 Å². The van der Waals surface area contributed by atoms with Crippen LogP contribution in [0, 0.1) is 0 Å². The van der Waals surface area contributed by atoms with Gasteiger partial charge < -0.3 is 0 Å². The van der Waals surface area contributed by atoms with E-state index in [0.29, 0.717) is 0 Å². The summed E-state index contributed by atoms with van der Waals surface area (Å²) < 4.78 is 36.5. The predicted octanol–water partition coefficient (Wildman–Crippen LogP) is 3.23. The first-order valence-electron chi connectivity index (χ1n) is 4.03. The van der Waals surface area contributed by atoms with Crippen molar-refractivity contribution in [2.24, 2.45) is 0 Å². The normalized spacial score (nSPS) is 10.6. The third-order valence-electron chi connectivity index (χ3n) is 1.72. The summed E-state index contributed by atoms with van der Waals surface area (Å²) in [5.41, 5.74) is 2.11. The van der Waals surface area contributed by atoms with Crippen LogP contribution in [-0.2, 0) is 0 Å². The fourth-order valence-corrected chi connectivity index (χ4v) is 1.09. The monoisotopic (exact) mass is 212 g/mol. The van der Waals surface area contributed by atoms with Crippen LogP contribution in [0.3, 0.4) is 0 Å². The number of hydrogen-bond donors (Lipinski definition) is 0. The molecule has 0 aliphatic heterocycles. The lowest BCUT2D eigenvalue weighted by Crippen LogP contribution is -2.23. The van der Waals surface area contributed by atoms with E-state index in [0.717, 1.165) is 6.07 Å². The average Bonchev–Trinajstić information content (AvgIpc) is 2.17. The van der Waals surface area contributed by atoms with Gasteiger partial charge in [-0.05, 0) is 11.6 Å². The largest absolute Gasteiger partial charge is 0.454 e. The summed E-state index contributed by atoms with van der Waals surface area (Å²) in [6, 6.07) is 5.44. The van der Waals surface area contributed by atoms with Crippen molar-refractivity contribution in [3.8, 4) is 0 Å². The van der Waals surface area contributed by atoms with Crippen LogP contribution < -0.4 is 0 Å². The Hall–Kier alpha value is -1.80. The number of hydrogen-bond acceptors (Lipinski definition) is 1. The number of benzene rings is 1. The maximum Gasteiger partial charge on any atom is 0.454 e. The Kier molecular flexibility index (Phi) is 3.12. The van der Waals surface area contributed by atoms with E-state index in [1.165, 1.54) is 24.3 Å². The van der Waals surface area contributed by atoms with Crippen LogP contribution in [0.15, 0.2) is 36.6 Å². The van der Waals surface area contributed by atoms with Crippen LogP contribution in [-0.4, -0.2) is 12.0 Å². The molecule has 1 aromatic rings. The Balaban J connectivity index is 3.25. The number of ketones is 1. The highest BCUT2D eigenvalue weighted by Crippen LogP contribution is 2.23. The minimum absolute atomic E-state index is 0.162. The van der Waals surface area contributed by atoms with Crippen molar-refractivity contribution < 1.29 is 18.0 Å². The van der Waals surface area contributed by atoms with Gasteiger partial charge in [0.2, 0.25) is 0 Å². The second-order valence-electron chi connectivity index (χ2n) is 2.76. The van der Waals surface area contributed by atoms with Crippen LogP contribution in [0.5, 0.6) is 0 Å². The molecule has 0 spiro atoms. The summed E-state index contributed by atoms with van der Waals surface area (Å²) in [6.45, 7) is 3.25. The van der Waals surface area contributed by atoms with Gasteiger partial charge in [-0.3, -0.25) is 4.79 Å². The molecule has 0 fully saturated rings. The van der Waals surface area contributed by atoms with Gasteiger partial charge in [0, 0.05) is 5.56 Å². The van der Waals surface area contributed by atoms with Gasteiger partial charge in [-0.2, -0.15) is 13.2 Å². The zero-order chi connectivity index (χ0) is 11.5. The lowest BCUT2D eigenvalue weighted by molar-refractivity contribution is -0.0885. The molecule has 0 aliphatic carbocycles. The van der Waals surface area contributed by atoms with Crippen molar-refractivity contribution in [3.63, 3.8) is 0 Å². The zero-order valence-electron chi connectivity index (χ0n) is 7.64. The van der Waals surface area contributed by atoms with Gasteiger partial charge in [0.05, 0.1) is 0 Å². The molecular formula is C11H7F3O. The molecular weight excluding hydrogens is 205 g/mol. The van der Waals surface area contributed by atoms with Crippen LogP contribution >= 0.6 is 0 Å². The van der Waals surface area contributed by atoms with E-state index in [-0.39, 0.29) is 11.1 Å². The molecule has 78 valence electrons. The Morgan fingerprint density at radius 1 is 1.33 bits per heavy atom. The lowest BCUT2D eigenvalue weighted by atomic mass is 10.0. The fourth-order valence-electron chi connectivity index (χ4n) is 1.09. The molecule has 1 rings (SSSR count). The van der Waals surface area contributed by atoms with E-state index in [9.17, 15) is 18.0 Å². The molecule has 0 N–H and O–H groups in total. The van der Waals surface area contributed by atoms with Gasteiger partial charge in [0.1, 0.15) is 0 Å². The highest BCUT2D eigenvalue weighted by molar-refractivity contribution is 6.03. The summed E-state index contributed by atoms with van der Waals surface area (Å²) in [5, 5.41) is 0. The van der Waals surface area contributed by atoms with E-state index < -0.39 is 12.0 Å². The summed E-state index contributed by atoms with van der Waals surface area (Å²) in [7, 11) is 0. The van der Waals surface area contributed by atoms with E-state index in [1.54, 1.807) is 0 Å². The first kappa shape index (κ1) is 11.3. The number of rotatable bonds is 2. The molecule has 0 radical (unpaired) electrons. The molecule has 1 nitrogen and oxygen atoms in total. The van der Waals surface area contributed by atoms with Crippen molar-refractivity contribution in [1.29, 1.82) is 0 Å². The molecule has 0 atom stereocenters. The van der Waals surface area contributed by atoms with Gasteiger partial charge in [-0.1, -0.05) is 30.8 Å². The Morgan fingerprint density at radius 3 is 2.47 bits per heavy atom. The molecule has 0 amide bonds. The first-order valence-corrected chi connectivity index (χ1v) is 4.03. The molecule has 0 bridgehead atoms. The van der Waals surface area contributed by atoms with Crippen LogP contribution in [0.1, 0.15) is 15.9 Å². The Bertz CT molecular complexity index is 426. The molecule has 0 saturated carbocycles. The number of alkyl halides is 3. The minimum atomic E-state index is -4.86. The second kappa shape index (κ2) is 4.15. The Morgan fingerprint density at radius 2 is 1.93 bits per heavy atom. The maximum atomic E-state index is 12.2. The van der Waals surface area contributed by atoms with Crippen molar-refractivity contribution >= 4 is 11.9 Å². The highest BCUT2D eigenvalue weighted by Gasteiger charge is 2.39. The molecule has 0 heterocycles. The summed E-state index contributed by atoms with van der Waals surface area (Å²) in [5.74, 6) is -1.86. The third kappa shape index (κ3) is 2.58. The van der Waals surface area contributed by atoms with Gasteiger partial charge in [0.15, 0.2) is 0 Å². The van der Waals surface area contributed by atoms with Crippen LogP contribution in [0.25, 0.3) is 6.08 Å². The summed E-state index contributed by atoms with van der Waals surface area (Å²) in [6.07, 6.45) is -3.62. The lowest BCUT2D eigenvalue weighted by Gasteiger charge is -2.07. The molecule has 0 aromatic heterocycles. The van der Waals surface area contributed by atoms with E-state index >= 15 is 0 Å². The van der Waals surface area contributed by atoms with E-state index in [1.807, 2.05) is 0 Å². The standard InChI is InChI=1S/C11H7F3O/c1-2-5-8-6-3-4-7-9(8)10(15)11(12,13)14/h3-7H,1H2. The van der Waals surface area contributed by atoms with E-state index in [4.69, 9.17) is 0 Å². The summed E-state index contributed by atoms with van der Waals surface area (Å²) in [4.78, 5) is 11.0. The molecule has 15 heavy (non-hydrogen) atoms. The molecule has 4 heteroatoms. The molecule has 0 unspecified atom stereocenters. The van der Waals surface area contributed by atoms with Gasteiger partial charge in [-0.25, -0.2) is 0 Å². The van der Waals surface area contributed by atoms with Gasteiger partial charge in [-0.15, -0.1) is 5.73 Å². The number of carbonyl (C=O) groups excluding carboxylic acids is 1.